The Morgan fingerprint density at radius 2 is 2.15 bits per heavy atom. The molecule has 0 aliphatic heterocycles. The molecule has 6 nitrogen and oxygen atoms in total. The zero-order valence-corrected chi connectivity index (χ0v) is 10.9. The van der Waals surface area contributed by atoms with Gasteiger partial charge in [0.25, 0.3) is 0 Å². The van der Waals surface area contributed by atoms with Gasteiger partial charge in [-0.1, -0.05) is 6.07 Å². The summed E-state index contributed by atoms with van der Waals surface area (Å²) in [5, 5.41) is 3.05. The van der Waals surface area contributed by atoms with Crippen molar-refractivity contribution in [2.75, 3.05) is 24.2 Å². The molecule has 6 heteroatoms. The van der Waals surface area contributed by atoms with E-state index in [1.807, 2.05) is 12.1 Å². The number of pyridine rings is 1. The Hall–Kier alpha value is -2.76. The van der Waals surface area contributed by atoms with E-state index in [-0.39, 0.29) is 0 Å². The van der Waals surface area contributed by atoms with Gasteiger partial charge in [-0.05, 0) is 24.3 Å². The number of hydrogen-bond acceptors (Lipinski definition) is 5. The summed E-state index contributed by atoms with van der Waals surface area (Å²) < 4.78 is 5.52. The Morgan fingerprint density at radius 3 is 2.90 bits per heavy atom. The highest BCUT2D eigenvalue weighted by Gasteiger charge is 2.02. The second kappa shape index (κ2) is 6.42. The average Bonchev–Trinajstić information content (AvgIpc) is 2.44. The van der Waals surface area contributed by atoms with Crippen LogP contribution in [0.1, 0.15) is 10.4 Å². The van der Waals surface area contributed by atoms with E-state index in [2.05, 4.69) is 10.3 Å². The van der Waals surface area contributed by atoms with Crippen LogP contribution in [0.25, 0.3) is 0 Å². The van der Waals surface area contributed by atoms with Gasteiger partial charge < -0.3 is 21.5 Å². The predicted octanol–water partition coefficient (Wildman–Crippen LogP) is 1.25. The number of rotatable bonds is 6. The van der Waals surface area contributed by atoms with Gasteiger partial charge in [0.05, 0.1) is 6.54 Å². The summed E-state index contributed by atoms with van der Waals surface area (Å²) in [5.74, 6) is 0.814. The maximum atomic E-state index is 11.0. The normalized spacial score (nSPS) is 10.0. The number of hydrogen-bond donors (Lipinski definition) is 3. The fourth-order valence-corrected chi connectivity index (χ4v) is 1.63. The third-order valence-electron chi connectivity index (χ3n) is 2.58. The van der Waals surface area contributed by atoms with Crippen molar-refractivity contribution in [2.24, 2.45) is 5.73 Å². The lowest BCUT2D eigenvalue weighted by atomic mass is 10.2. The zero-order valence-electron chi connectivity index (χ0n) is 10.9. The minimum atomic E-state index is -0.480. The van der Waals surface area contributed by atoms with Crippen molar-refractivity contribution in [1.29, 1.82) is 0 Å². The van der Waals surface area contributed by atoms with Gasteiger partial charge in [-0.2, -0.15) is 0 Å². The van der Waals surface area contributed by atoms with Gasteiger partial charge in [-0.3, -0.25) is 4.79 Å². The van der Waals surface area contributed by atoms with Crippen molar-refractivity contribution in [3.8, 4) is 5.75 Å². The van der Waals surface area contributed by atoms with E-state index >= 15 is 0 Å². The topological polar surface area (TPSA) is 103 Å². The molecular formula is C14H16N4O2. The summed E-state index contributed by atoms with van der Waals surface area (Å²) in [6, 6.07) is 10.4. The van der Waals surface area contributed by atoms with E-state index in [0.717, 1.165) is 0 Å². The number of nitrogens with zero attached hydrogens (tertiary/aromatic N) is 1. The molecule has 0 bridgehead atoms. The fraction of sp³-hybridized carbons (Fsp3) is 0.143. The van der Waals surface area contributed by atoms with E-state index in [4.69, 9.17) is 16.2 Å². The van der Waals surface area contributed by atoms with Crippen molar-refractivity contribution in [2.45, 2.75) is 0 Å². The second-order valence-electron chi connectivity index (χ2n) is 4.14. The first-order valence-electron chi connectivity index (χ1n) is 6.13. The maximum Gasteiger partial charge on any atom is 0.248 e. The van der Waals surface area contributed by atoms with E-state index in [9.17, 15) is 4.79 Å². The molecule has 104 valence electrons. The van der Waals surface area contributed by atoms with Crippen LogP contribution in [0.2, 0.25) is 0 Å². The first kappa shape index (κ1) is 13.7. The van der Waals surface area contributed by atoms with Gasteiger partial charge in [-0.15, -0.1) is 0 Å². The number of benzene rings is 1. The van der Waals surface area contributed by atoms with Crippen LogP contribution in [0.5, 0.6) is 5.75 Å². The van der Waals surface area contributed by atoms with Gasteiger partial charge in [0.15, 0.2) is 0 Å². The predicted molar refractivity (Wildman–Crippen MR) is 77.6 cm³/mol. The quantitative estimate of drug-likeness (QED) is 0.542. The molecule has 0 aliphatic rings. The SMILES string of the molecule is NC(=O)c1ccnc(NCCOc2cccc(N)c2)c1. The molecule has 1 aromatic heterocycles. The number of amides is 1. The number of ether oxygens (including phenoxy) is 1. The Bertz CT molecular complexity index is 601. The number of nitrogens with one attached hydrogen (secondary N) is 1. The summed E-state index contributed by atoms with van der Waals surface area (Å²) in [4.78, 5) is 15.1. The molecule has 1 heterocycles. The van der Waals surface area contributed by atoms with Crippen molar-refractivity contribution >= 4 is 17.4 Å². The van der Waals surface area contributed by atoms with Crippen LogP contribution in [-0.2, 0) is 0 Å². The molecule has 0 spiro atoms. The summed E-state index contributed by atoms with van der Waals surface area (Å²) in [5.41, 5.74) is 11.9. The van der Waals surface area contributed by atoms with E-state index < -0.39 is 5.91 Å². The van der Waals surface area contributed by atoms with Crippen molar-refractivity contribution in [1.82, 2.24) is 4.98 Å². The number of carbonyl (C=O) groups is 1. The van der Waals surface area contributed by atoms with Crippen LogP contribution in [0, 0.1) is 0 Å². The van der Waals surface area contributed by atoms with Gasteiger partial charge >= 0.3 is 0 Å². The molecule has 0 saturated heterocycles. The summed E-state index contributed by atoms with van der Waals surface area (Å²) >= 11 is 0. The smallest absolute Gasteiger partial charge is 0.248 e. The standard InChI is InChI=1S/C14H16N4O2/c15-11-2-1-3-12(9-11)20-7-6-18-13-8-10(14(16)19)4-5-17-13/h1-5,8-9H,6-7,15H2,(H2,16,19)(H,17,18). The van der Waals surface area contributed by atoms with Crippen LogP contribution in [0.3, 0.4) is 0 Å². The molecule has 0 aliphatic carbocycles. The molecule has 20 heavy (non-hydrogen) atoms. The van der Waals surface area contributed by atoms with Crippen LogP contribution < -0.4 is 21.5 Å². The van der Waals surface area contributed by atoms with Gasteiger partial charge in [0.2, 0.25) is 5.91 Å². The first-order chi connectivity index (χ1) is 9.65. The Kier molecular flexibility index (Phi) is 4.39. The van der Waals surface area contributed by atoms with E-state index in [1.54, 1.807) is 24.3 Å². The van der Waals surface area contributed by atoms with Gasteiger partial charge in [-0.25, -0.2) is 4.98 Å². The molecule has 1 amide bonds. The third-order valence-corrected chi connectivity index (χ3v) is 2.58. The van der Waals surface area contributed by atoms with Crippen LogP contribution in [0.15, 0.2) is 42.6 Å². The fourth-order valence-electron chi connectivity index (χ4n) is 1.63. The molecule has 0 unspecified atom stereocenters. The summed E-state index contributed by atoms with van der Waals surface area (Å²) in [6.07, 6.45) is 1.53. The van der Waals surface area contributed by atoms with E-state index in [0.29, 0.717) is 36.0 Å². The molecule has 0 radical (unpaired) electrons. The van der Waals surface area contributed by atoms with Crippen molar-refractivity contribution in [3.05, 3.63) is 48.2 Å². The number of carbonyl (C=O) groups excluding carboxylic acids is 1. The lowest BCUT2D eigenvalue weighted by Crippen LogP contribution is -2.14. The molecule has 0 fully saturated rings. The molecule has 5 N–H and O–H groups in total. The van der Waals surface area contributed by atoms with Crippen LogP contribution in [0.4, 0.5) is 11.5 Å². The van der Waals surface area contributed by atoms with Crippen molar-refractivity contribution in [3.63, 3.8) is 0 Å². The molecule has 0 atom stereocenters. The Balaban J connectivity index is 1.81. The third kappa shape index (κ3) is 3.88. The summed E-state index contributed by atoms with van der Waals surface area (Å²) in [7, 11) is 0. The summed E-state index contributed by atoms with van der Waals surface area (Å²) in [6.45, 7) is 0.996. The average molecular weight is 272 g/mol. The second-order valence-corrected chi connectivity index (χ2v) is 4.14. The Labute approximate surface area is 116 Å². The van der Waals surface area contributed by atoms with Crippen LogP contribution >= 0.6 is 0 Å². The highest BCUT2D eigenvalue weighted by Crippen LogP contribution is 2.14. The lowest BCUT2D eigenvalue weighted by molar-refractivity contribution is 0.1000. The highest BCUT2D eigenvalue weighted by molar-refractivity contribution is 5.93. The highest BCUT2D eigenvalue weighted by atomic mass is 16.5. The number of primary amides is 1. The number of nitrogens with two attached hydrogens (primary N) is 2. The minimum absolute atomic E-state index is 0.416. The van der Waals surface area contributed by atoms with Gasteiger partial charge in [0, 0.05) is 23.5 Å². The largest absolute Gasteiger partial charge is 0.492 e. The molecular weight excluding hydrogens is 256 g/mol. The lowest BCUT2D eigenvalue weighted by Gasteiger charge is -2.08. The number of anilines is 2. The maximum absolute atomic E-state index is 11.0. The van der Waals surface area contributed by atoms with Crippen LogP contribution in [-0.4, -0.2) is 24.0 Å². The molecule has 0 saturated carbocycles. The molecule has 2 aromatic rings. The molecule has 1 aromatic carbocycles. The van der Waals surface area contributed by atoms with E-state index in [1.165, 1.54) is 6.20 Å². The number of nitrogen functional groups attached to an aromatic ring is 1. The zero-order chi connectivity index (χ0) is 14.4. The first-order valence-corrected chi connectivity index (χ1v) is 6.13. The van der Waals surface area contributed by atoms with Crippen molar-refractivity contribution < 1.29 is 9.53 Å². The van der Waals surface area contributed by atoms with Gasteiger partial charge in [0.1, 0.15) is 18.2 Å². The Morgan fingerprint density at radius 1 is 1.30 bits per heavy atom. The molecule has 2 rings (SSSR count). The minimum Gasteiger partial charge on any atom is -0.492 e. The number of aromatic nitrogens is 1. The monoisotopic (exact) mass is 272 g/mol.